The second-order valence-electron chi connectivity index (χ2n) is 7.02. The summed E-state index contributed by atoms with van der Waals surface area (Å²) in [7, 11) is -3.33. The van der Waals surface area contributed by atoms with E-state index in [4.69, 9.17) is 12.2 Å². The van der Waals surface area contributed by atoms with Crippen LogP contribution in [0.3, 0.4) is 0 Å². The normalized spacial score (nSPS) is 17.3. The third-order valence-electron chi connectivity index (χ3n) is 4.70. The molecule has 0 radical (unpaired) electrons. The van der Waals surface area contributed by atoms with E-state index < -0.39 is 15.9 Å². The largest absolute Gasteiger partial charge is 0.315 e. The van der Waals surface area contributed by atoms with Crippen molar-refractivity contribution in [1.29, 1.82) is 0 Å². The van der Waals surface area contributed by atoms with Gasteiger partial charge in [0.25, 0.3) is 0 Å². The number of halogens is 1. The Kier molecular flexibility index (Phi) is 7.00. The van der Waals surface area contributed by atoms with Crippen molar-refractivity contribution in [3.8, 4) is 0 Å². The summed E-state index contributed by atoms with van der Waals surface area (Å²) >= 11 is 5.15. The molecule has 1 atom stereocenters. The number of rotatable bonds is 5. The predicted molar refractivity (Wildman–Crippen MR) is 114 cm³/mol. The number of amides is 1. The number of nitrogens with one attached hydrogen (secondary N) is 3. The van der Waals surface area contributed by atoms with Crippen LogP contribution in [0.5, 0.6) is 0 Å². The van der Waals surface area contributed by atoms with E-state index >= 15 is 0 Å². The Morgan fingerprint density at radius 3 is 2.80 bits per heavy atom. The molecule has 2 heterocycles. The highest BCUT2D eigenvalue weighted by Crippen LogP contribution is 2.18. The minimum absolute atomic E-state index is 0.121. The average molecular weight is 455 g/mol. The first-order valence-corrected chi connectivity index (χ1v) is 11.6. The number of carbonyl (C=O) groups is 1. The Bertz CT molecular complexity index is 1030. The fraction of sp³-hybridized carbons (Fsp3) is 0.389. The Labute approximate surface area is 179 Å². The topological polar surface area (TPSA) is 108 Å². The van der Waals surface area contributed by atoms with Crippen LogP contribution in [-0.2, 0) is 21.4 Å². The van der Waals surface area contributed by atoms with Crippen LogP contribution in [0.4, 0.5) is 10.2 Å². The van der Waals surface area contributed by atoms with Gasteiger partial charge in [0, 0.05) is 30.9 Å². The lowest BCUT2D eigenvalue weighted by molar-refractivity contribution is -0.126. The van der Waals surface area contributed by atoms with Crippen molar-refractivity contribution in [2.75, 3.05) is 24.7 Å². The Hall–Kier alpha value is -2.57. The third kappa shape index (κ3) is 5.97. The molecule has 30 heavy (non-hydrogen) atoms. The predicted octanol–water partition coefficient (Wildman–Crippen LogP) is 1.06. The van der Waals surface area contributed by atoms with E-state index in [1.807, 2.05) is 0 Å². The van der Waals surface area contributed by atoms with Gasteiger partial charge in [-0.3, -0.25) is 20.3 Å². The number of carbonyl (C=O) groups excluding carboxylic acids is 1. The summed E-state index contributed by atoms with van der Waals surface area (Å²) in [5.74, 6) is -0.667. The van der Waals surface area contributed by atoms with Crippen molar-refractivity contribution in [3.63, 3.8) is 0 Å². The smallest absolute Gasteiger partial charge is 0.242 e. The summed E-state index contributed by atoms with van der Waals surface area (Å²) < 4.78 is 40.0. The van der Waals surface area contributed by atoms with Crippen LogP contribution in [-0.4, -0.2) is 52.9 Å². The number of hydrogen-bond acceptors (Lipinski definition) is 5. The molecule has 12 heteroatoms. The van der Waals surface area contributed by atoms with Crippen molar-refractivity contribution in [2.24, 2.45) is 5.92 Å². The molecule has 1 aromatic heterocycles. The molecule has 3 N–H and O–H groups in total. The summed E-state index contributed by atoms with van der Waals surface area (Å²) in [6.45, 7) is 0.836. The second-order valence-corrected chi connectivity index (χ2v) is 9.41. The van der Waals surface area contributed by atoms with Crippen LogP contribution in [0.1, 0.15) is 18.4 Å². The number of thiocarbonyl (C=S) groups is 1. The zero-order chi connectivity index (χ0) is 21.7. The van der Waals surface area contributed by atoms with Crippen LogP contribution in [0.15, 0.2) is 36.5 Å². The minimum Gasteiger partial charge on any atom is -0.315 e. The highest BCUT2D eigenvalue weighted by atomic mass is 32.2. The van der Waals surface area contributed by atoms with E-state index in [1.54, 1.807) is 35.1 Å². The minimum atomic E-state index is -3.33. The molecule has 0 aliphatic carbocycles. The van der Waals surface area contributed by atoms with E-state index in [1.165, 1.54) is 10.4 Å². The Balaban J connectivity index is 1.47. The van der Waals surface area contributed by atoms with Gasteiger partial charge >= 0.3 is 0 Å². The highest BCUT2D eigenvalue weighted by Gasteiger charge is 2.30. The van der Waals surface area contributed by atoms with Crippen molar-refractivity contribution in [2.45, 2.75) is 19.4 Å². The Morgan fingerprint density at radius 2 is 2.07 bits per heavy atom. The lowest BCUT2D eigenvalue weighted by Crippen LogP contribution is -2.50. The molecule has 1 saturated heterocycles. The maximum absolute atomic E-state index is 13.7. The fourth-order valence-corrected chi connectivity index (χ4v) is 4.21. The number of hydrogen-bond donors (Lipinski definition) is 3. The molecule has 1 aromatic carbocycles. The lowest BCUT2D eigenvalue weighted by Gasteiger charge is -2.30. The van der Waals surface area contributed by atoms with Gasteiger partial charge in [-0.05, 0) is 31.1 Å². The molecule has 1 amide bonds. The quantitative estimate of drug-likeness (QED) is 0.458. The fourth-order valence-electron chi connectivity index (χ4n) is 3.14. The first kappa shape index (κ1) is 22.1. The average Bonchev–Trinajstić information content (AvgIpc) is 3.14. The maximum atomic E-state index is 13.7. The van der Waals surface area contributed by atoms with Crippen molar-refractivity contribution in [1.82, 2.24) is 24.9 Å². The van der Waals surface area contributed by atoms with Gasteiger partial charge in [-0.25, -0.2) is 17.1 Å². The molecule has 1 fully saturated rings. The van der Waals surface area contributed by atoms with Crippen LogP contribution in [0.2, 0.25) is 0 Å². The second kappa shape index (κ2) is 9.49. The zero-order valence-electron chi connectivity index (χ0n) is 16.3. The molecule has 1 aliphatic heterocycles. The van der Waals surface area contributed by atoms with Crippen LogP contribution in [0.25, 0.3) is 0 Å². The molecule has 2 aromatic rings. The zero-order valence-corrected chi connectivity index (χ0v) is 18.0. The van der Waals surface area contributed by atoms with Gasteiger partial charge in [0.05, 0.1) is 18.7 Å². The lowest BCUT2D eigenvalue weighted by atomic mass is 9.99. The van der Waals surface area contributed by atoms with Crippen LogP contribution in [0, 0.1) is 11.7 Å². The molecular weight excluding hydrogens is 431 g/mol. The van der Waals surface area contributed by atoms with E-state index in [2.05, 4.69) is 21.3 Å². The van der Waals surface area contributed by atoms with Crippen LogP contribution < -0.4 is 16.2 Å². The van der Waals surface area contributed by atoms with Crippen molar-refractivity contribution >= 4 is 39.1 Å². The maximum Gasteiger partial charge on any atom is 0.242 e. The molecule has 162 valence electrons. The number of sulfonamides is 1. The molecule has 0 bridgehead atoms. The molecule has 9 nitrogen and oxygen atoms in total. The highest BCUT2D eigenvalue weighted by molar-refractivity contribution is 7.88. The number of anilines is 1. The van der Waals surface area contributed by atoms with Gasteiger partial charge in [0.1, 0.15) is 5.82 Å². The van der Waals surface area contributed by atoms with E-state index in [0.29, 0.717) is 30.8 Å². The van der Waals surface area contributed by atoms with Crippen molar-refractivity contribution in [3.05, 3.63) is 47.9 Å². The first-order chi connectivity index (χ1) is 14.2. The molecule has 0 unspecified atom stereocenters. The number of benzene rings is 1. The van der Waals surface area contributed by atoms with Gasteiger partial charge in [-0.2, -0.15) is 5.10 Å². The molecule has 1 aliphatic rings. The van der Waals surface area contributed by atoms with Gasteiger partial charge in [-0.15, -0.1) is 0 Å². The van der Waals surface area contributed by atoms with E-state index in [-0.39, 0.29) is 29.9 Å². The van der Waals surface area contributed by atoms with E-state index in [9.17, 15) is 17.6 Å². The van der Waals surface area contributed by atoms with Gasteiger partial charge < -0.3 is 5.32 Å². The van der Waals surface area contributed by atoms with Gasteiger partial charge in [-0.1, -0.05) is 18.2 Å². The molecule has 0 spiro atoms. The van der Waals surface area contributed by atoms with Gasteiger partial charge in [0.2, 0.25) is 15.9 Å². The van der Waals surface area contributed by atoms with E-state index in [0.717, 1.165) is 6.26 Å². The number of nitrogens with zero attached hydrogens (tertiary/aromatic N) is 3. The summed E-state index contributed by atoms with van der Waals surface area (Å²) in [6, 6.07) is 8.12. The summed E-state index contributed by atoms with van der Waals surface area (Å²) in [4.78, 5) is 12.3. The standard InChI is InChI=1S/C18H23FN6O3S2/c1-30(27,28)25-9-4-6-14(12-25)17(26)21-22-18(29)20-16-8-10-24(23-16)11-13-5-2-3-7-15(13)19/h2-3,5,7-8,10,14H,4,6,9,11-12H2,1H3,(H,21,26)(H2,20,22,23,29)/t14-/m0/s1. The molecule has 3 rings (SSSR count). The summed E-state index contributed by atoms with van der Waals surface area (Å²) in [5, 5.41) is 7.21. The number of hydrazine groups is 1. The first-order valence-electron chi connectivity index (χ1n) is 9.31. The summed E-state index contributed by atoms with van der Waals surface area (Å²) in [5.41, 5.74) is 5.60. The SMILES string of the molecule is CS(=O)(=O)N1CCC[C@H](C(=O)NNC(=S)Nc2ccn(Cc3ccccc3F)n2)C1. The number of piperidine rings is 1. The van der Waals surface area contributed by atoms with Gasteiger partial charge in [0.15, 0.2) is 10.9 Å². The van der Waals surface area contributed by atoms with Crippen molar-refractivity contribution < 1.29 is 17.6 Å². The third-order valence-corrected chi connectivity index (χ3v) is 6.17. The Morgan fingerprint density at radius 1 is 1.30 bits per heavy atom. The monoisotopic (exact) mass is 454 g/mol. The van der Waals surface area contributed by atoms with Crippen LogP contribution >= 0.6 is 12.2 Å². The number of aromatic nitrogens is 2. The molecule has 0 saturated carbocycles. The summed E-state index contributed by atoms with van der Waals surface area (Å²) in [6.07, 6.45) is 4.03. The molecular formula is C18H23FN6O3S2.